The Morgan fingerprint density at radius 1 is 1.12 bits per heavy atom. The molecule has 1 atom stereocenters. The predicted molar refractivity (Wildman–Crippen MR) is 110 cm³/mol. The highest BCUT2D eigenvalue weighted by atomic mass is 35.5. The highest BCUT2D eigenvalue weighted by molar-refractivity contribution is 6.31. The minimum absolute atomic E-state index is 0.0789. The molecule has 1 aromatic carbocycles. The van der Waals surface area contributed by atoms with Gasteiger partial charge in [-0.3, -0.25) is 19.1 Å². The molecule has 4 saturated carbocycles. The number of hydrogen-bond donors (Lipinski definition) is 2. The maximum Gasteiger partial charge on any atom is 0.522 e. The van der Waals surface area contributed by atoms with Crippen molar-refractivity contribution in [3.63, 3.8) is 0 Å². The van der Waals surface area contributed by atoms with Gasteiger partial charge in [-0.15, -0.1) is 13.2 Å². The van der Waals surface area contributed by atoms with Crippen LogP contribution in [0.15, 0.2) is 18.2 Å². The molecule has 1 aliphatic heterocycles. The number of ether oxygens (including phenoxy) is 3. The number of rotatable bonds is 7. The summed E-state index contributed by atoms with van der Waals surface area (Å²) in [7, 11) is 0. The second-order valence-electron chi connectivity index (χ2n) is 9.59. The second kappa shape index (κ2) is 8.10. The molecule has 2 bridgehead atoms. The lowest BCUT2D eigenvalue weighted by molar-refractivity contribution is -0.357. The fourth-order valence-electron chi connectivity index (χ4n) is 5.30. The van der Waals surface area contributed by atoms with Crippen molar-refractivity contribution in [2.45, 2.75) is 74.3 Å². The Balaban J connectivity index is 1.03. The van der Waals surface area contributed by atoms with Crippen LogP contribution in [0.1, 0.15) is 48.9 Å². The number of amides is 2. The van der Waals surface area contributed by atoms with E-state index in [4.69, 9.17) is 21.1 Å². The molecule has 12 heteroatoms. The van der Waals surface area contributed by atoms with Gasteiger partial charge >= 0.3 is 6.36 Å². The van der Waals surface area contributed by atoms with Crippen molar-refractivity contribution < 1.29 is 41.8 Å². The fraction of sp³-hybridized carbons (Fsp3) is 0.591. The summed E-state index contributed by atoms with van der Waals surface area (Å²) >= 11 is 5.91. The van der Waals surface area contributed by atoms with Crippen LogP contribution < -0.4 is 15.4 Å². The van der Waals surface area contributed by atoms with Crippen molar-refractivity contribution in [2.24, 2.45) is 0 Å². The number of benzene rings is 1. The minimum Gasteiger partial charge on any atom is -0.479 e. The molecular weight excluding hydrogens is 481 g/mol. The van der Waals surface area contributed by atoms with E-state index in [0.29, 0.717) is 35.6 Å². The Morgan fingerprint density at radius 2 is 1.79 bits per heavy atom. The Hall–Kier alpha value is -2.37. The van der Waals surface area contributed by atoms with E-state index in [2.05, 4.69) is 15.4 Å². The zero-order chi connectivity index (χ0) is 24.3. The Bertz CT molecular complexity index is 1020. The van der Waals surface area contributed by atoms with E-state index in [-0.39, 0.29) is 43.5 Å². The van der Waals surface area contributed by atoms with Gasteiger partial charge in [-0.2, -0.15) is 0 Å². The number of nitrogens with one attached hydrogen (secondary N) is 2. The molecule has 6 rings (SSSR count). The van der Waals surface area contributed by atoms with Crippen molar-refractivity contribution in [2.75, 3.05) is 6.61 Å². The van der Waals surface area contributed by atoms with E-state index in [9.17, 15) is 27.6 Å². The number of hydrogen-bond acceptors (Lipinski definition) is 6. The van der Waals surface area contributed by atoms with Crippen LogP contribution in [0.25, 0.3) is 0 Å². The molecule has 5 aliphatic rings. The van der Waals surface area contributed by atoms with Crippen LogP contribution >= 0.6 is 11.6 Å². The number of carbonyl (C=O) groups excluding carboxylic acids is 3. The number of ketones is 1. The zero-order valence-corrected chi connectivity index (χ0v) is 18.6. The molecule has 2 amide bonds. The van der Waals surface area contributed by atoms with Gasteiger partial charge in [0.2, 0.25) is 5.91 Å². The van der Waals surface area contributed by atoms with Crippen LogP contribution in [0.3, 0.4) is 0 Å². The smallest absolute Gasteiger partial charge is 0.479 e. The Kier molecular flexibility index (Phi) is 5.57. The van der Waals surface area contributed by atoms with Gasteiger partial charge in [0.15, 0.2) is 11.9 Å². The lowest BCUT2D eigenvalue weighted by Crippen LogP contribution is -2.84. The number of alkyl halides is 3. The van der Waals surface area contributed by atoms with Crippen molar-refractivity contribution >= 4 is 29.2 Å². The van der Waals surface area contributed by atoms with Crippen LogP contribution in [0, 0.1) is 0 Å². The van der Waals surface area contributed by atoms with E-state index in [1.165, 1.54) is 6.07 Å². The number of Topliss-reactive ketones (excluding diaryl/α,β-unsaturated/α-hetero) is 1. The molecular formula is C22H22ClF3N2O6. The monoisotopic (exact) mass is 502 g/mol. The summed E-state index contributed by atoms with van der Waals surface area (Å²) < 4.78 is 51.3. The van der Waals surface area contributed by atoms with Gasteiger partial charge in [0, 0.05) is 28.9 Å². The molecule has 4 aliphatic carbocycles. The van der Waals surface area contributed by atoms with Crippen LogP contribution in [0.4, 0.5) is 13.2 Å². The van der Waals surface area contributed by atoms with Gasteiger partial charge < -0.3 is 20.1 Å². The van der Waals surface area contributed by atoms with Gasteiger partial charge in [-0.05, 0) is 37.5 Å². The third-order valence-corrected chi connectivity index (χ3v) is 7.03. The zero-order valence-electron chi connectivity index (χ0n) is 17.9. The first-order valence-corrected chi connectivity index (χ1v) is 11.3. The molecule has 2 N–H and O–H groups in total. The van der Waals surface area contributed by atoms with Crippen molar-refractivity contribution in [3.8, 4) is 5.75 Å². The SMILES string of the molecule is O=C(COC1CC(OC(F)(F)F)C1)NC12CC(NC(=O)C3CC(=O)c4cc(Cl)ccc4O3)(C1)C2. The maximum absolute atomic E-state index is 12.7. The first-order chi connectivity index (χ1) is 15.9. The average molecular weight is 503 g/mol. The molecule has 0 aromatic heterocycles. The fourth-order valence-corrected chi connectivity index (χ4v) is 5.47. The van der Waals surface area contributed by atoms with Crippen molar-refractivity contribution in [3.05, 3.63) is 28.8 Å². The highest BCUT2D eigenvalue weighted by Gasteiger charge is 2.69. The first-order valence-electron chi connectivity index (χ1n) is 10.9. The topological polar surface area (TPSA) is 103 Å². The maximum atomic E-state index is 12.7. The van der Waals surface area contributed by atoms with Crippen LogP contribution in [-0.2, 0) is 19.1 Å². The Labute approximate surface area is 197 Å². The summed E-state index contributed by atoms with van der Waals surface area (Å²) in [5.74, 6) is -0.619. The standard InChI is InChI=1S/C22H22ClF3N2O6/c23-11-1-2-16-14(3-11)15(29)6-17(33-16)19(31)28-21-8-20(9-21,10-21)27-18(30)7-32-12-4-13(5-12)34-22(24,25)26/h1-3,12-13,17H,4-10H2,(H,27,30)(H,28,31). The van der Waals surface area contributed by atoms with E-state index in [1.807, 2.05) is 0 Å². The molecule has 184 valence electrons. The van der Waals surface area contributed by atoms with Crippen molar-refractivity contribution in [1.82, 2.24) is 10.6 Å². The quantitative estimate of drug-likeness (QED) is 0.594. The average Bonchev–Trinajstić information content (AvgIpc) is 2.66. The number of carbonyl (C=O) groups is 3. The summed E-state index contributed by atoms with van der Waals surface area (Å²) in [6.07, 6.45) is -5.20. The highest BCUT2D eigenvalue weighted by Crippen LogP contribution is 2.60. The summed E-state index contributed by atoms with van der Waals surface area (Å²) in [6.45, 7) is -0.244. The first kappa shape index (κ1) is 23.4. The molecule has 0 saturated heterocycles. The summed E-state index contributed by atoms with van der Waals surface area (Å²) in [5.41, 5.74) is -0.494. The summed E-state index contributed by atoms with van der Waals surface area (Å²) in [6, 6.07) is 4.67. The molecule has 1 aromatic rings. The Morgan fingerprint density at radius 3 is 2.47 bits per heavy atom. The van der Waals surface area contributed by atoms with Crippen LogP contribution in [-0.4, -0.2) is 60.0 Å². The van der Waals surface area contributed by atoms with E-state index in [0.717, 1.165) is 0 Å². The third kappa shape index (κ3) is 4.60. The van der Waals surface area contributed by atoms with E-state index < -0.39 is 35.8 Å². The predicted octanol–water partition coefficient (Wildman–Crippen LogP) is 2.67. The molecule has 34 heavy (non-hydrogen) atoms. The number of halogens is 4. The van der Waals surface area contributed by atoms with Gasteiger partial charge in [0.25, 0.3) is 5.91 Å². The third-order valence-electron chi connectivity index (χ3n) is 6.80. The molecule has 0 spiro atoms. The lowest BCUT2D eigenvalue weighted by atomic mass is 9.44. The van der Waals surface area contributed by atoms with E-state index >= 15 is 0 Å². The lowest BCUT2D eigenvalue weighted by Gasteiger charge is -2.70. The summed E-state index contributed by atoms with van der Waals surface area (Å²) in [4.78, 5) is 37.3. The van der Waals surface area contributed by atoms with Crippen LogP contribution in [0.5, 0.6) is 5.75 Å². The van der Waals surface area contributed by atoms with Gasteiger partial charge in [0.05, 0.1) is 24.2 Å². The minimum atomic E-state index is -4.67. The largest absolute Gasteiger partial charge is 0.522 e. The van der Waals surface area contributed by atoms with Crippen molar-refractivity contribution in [1.29, 1.82) is 0 Å². The van der Waals surface area contributed by atoms with Crippen LogP contribution in [0.2, 0.25) is 5.02 Å². The molecule has 1 unspecified atom stereocenters. The second-order valence-corrected chi connectivity index (χ2v) is 10.0. The number of fused-ring (bicyclic) bond motifs is 1. The molecule has 8 nitrogen and oxygen atoms in total. The summed E-state index contributed by atoms with van der Waals surface area (Å²) in [5, 5.41) is 6.26. The normalized spacial score (nSPS) is 33.4. The van der Waals surface area contributed by atoms with Gasteiger partial charge in [-0.25, -0.2) is 0 Å². The molecule has 1 heterocycles. The van der Waals surface area contributed by atoms with Gasteiger partial charge in [-0.1, -0.05) is 11.6 Å². The molecule has 0 radical (unpaired) electrons. The molecule has 4 fully saturated rings. The van der Waals surface area contributed by atoms with Gasteiger partial charge in [0.1, 0.15) is 12.4 Å². The van der Waals surface area contributed by atoms with E-state index in [1.54, 1.807) is 12.1 Å².